The molecule has 1 aliphatic rings. The average Bonchev–Trinajstić information content (AvgIpc) is 3.09. The van der Waals surface area contributed by atoms with Crippen LogP contribution in [0.5, 0.6) is 0 Å². The molecule has 7 heteroatoms. The molecule has 0 saturated carbocycles. The molecule has 1 aromatic heterocycles. The Balaban J connectivity index is 1.65. The molecule has 2 heterocycles. The van der Waals surface area contributed by atoms with Gasteiger partial charge in [0.25, 0.3) is 5.91 Å². The fourth-order valence-corrected chi connectivity index (χ4v) is 2.78. The first-order valence-corrected chi connectivity index (χ1v) is 8.24. The smallest absolute Gasteiger partial charge is 0.274 e. The van der Waals surface area contributed by atoms with Gasteiger partial charge in [0.05, 0.1) is 6.10 Å². The Labute approximate surface area is 145 Å². The zero-order valence-corrected chi connectivity index (χ0v) is 14.1. The first kappa shape index (κ1) is 16.7. The number of ether oxygens (including phenoxy) is 1. The second-order valence-electron chi connectivity index (χ2n) is 5.72. The van der Waals surface area contributed by atoms with E-state index in [1.807, 2.05) is 6.92 Å². The van der Waals surface area contributed by atoms with Gasteiger partial charge in [-0.05, 0) is 43.5 Å². The van der Waals surface area contributed by atoms with E-state index in [9.17, 15) is 4.79 Å². The summed E-state index contributed by atoms with van der Waals surface area (Å²) in [5.41, 5.74) is 1.90. The van der Waals surface area contributed by atoms with Crippen LogP contribution in [0.1, 0.15) is 28.9 Å². The highest BCUT2D eigenvalue weighted by Gasteiger charge is 2.16. The summed E-state index contributed by atoms with van der Waals surface area (Å²) in [6.45, 7) is 3.37. The molecule has 2 aromatic rings. The van der Waals surface area contributed by atoms with E-state index in [0.29, 0.717) is 28.8 Å². The predicted octanol–water partition coefficient (Wildman–Crippen LogP) is 3.28. The van der Waals surface area contributed by atoms with Crippen molar-refractivity contribution in [2.45, 2.75) is 25.9 Å². The molecular weight excluding hydrogens is 328 g/mol. The zero-order chi connectivity index (χ0) is 16.9. The maximum Gasteiger partial charge on any atom is 0.274 e. The van der Waals surface area contributed by atoms with Crippen molar-refractivity contribution in [2.24, 2.45) is 0 Å². The second kappa shape index (κ2) is 7.59. The highest BCUT2D eigenvalue weighted by atomic mass is 35.5. The largest absolute Gasteiger partial charge is 0.376 e. The molecule has 126 valence electrons. The molecule has 1 aliphatic heterocycles. The van der Waals surface area contributed by atoms with E-state index >= 15 is 0 Å². The number of carbonyl (C=O) groups is 1. The lowest BCUT2D eigenvalue weighted by Crippen LogP contribution is -2.20. The highest BCUT2D eigenvalue weighted by molar-refractivity contribution is 6.30. The Bertz CT molecular complexity index is 732. The quantitative estimate of drug-likeness (QED) is 0.868. The summed E-state index contributed by atoms with van der Waals surface area (Å²) in [6, 6.07) is 6.94. The van der Waals surface area contributed by atoms with Crippen molar-refractivity contribution >= 4 is 29.0 Å². The number of hydrogen-bond acceptors (Lipinski definition) is 5. The van der Waals surface area contributed by atoms with Gasteiger partial charge in [0.15, 0.2) is 0 Å². The maximum atomic E-state index is 12.4. The molecule has 6 nitrogen and oxygen atoms in total. The van der Waals surface area contributed by atoms with Gasteiger partial charge in [-0.1, -0.05) is 11.6 Å². The number of carbonyl (C=O) groups excluding carboxylic acids is 1. The number of halogens is 1. The first-order chi connectivity index (χ1) is 11.6. The number of aromatic nitrogens is 2. The van der Waals surface area contributed by atoms with Crippen molar-refractivity contribution in [1.29, 1.82) is 0 Å². The number of rotatable bonds is 5. The van der Waals surface area contributed by atoms with Gasteiger partial charge in [0.2, 0.25) is 0 Å². The number of anilines is 2. The van der Waals surface area contributed by atoms with Gasteiger partial charge in [-0.25, -0.2) is 9.97 Å². The maximum absolute atomic E-state index is 12.4. The minimum atomic E-state index is -0.289. The minimum Gasteiger partial charge on any atom is -0.376 e. The van der Waals surface area contributed by atoms with Crippen LogP contribution < -0.4 is 10.6 Å². The van der Waals surface area contributed by atoms with E-state index in [2.05, 4.69) is 20.6 Å². The van der Waals surface area contributed by atoms with Crippen LogP contribution in [0.25, 0.3) is 0 Å². The highest BCUT2D eigenvalue weighted by Crippen LogP contribution is 2.20. The van der Waals surface area contributed by atoms with Crippen molar-refractivity contribution < 1.29 is 9.53 Å². The van der Waals surface area contributed by atoms with Gasteiger partial charge in [0.1, 0.15) is 17.8 Å². The summed E-state index contributed by atoms with van der Waals surface area (Å²) >= 11 is 5.93. The van der Waals surface area contributed by atoms with E-state index in [1.54, 1.807) is 24.3 Å². The monoisotopic (exact) mass is 346 g/mol. The molecule has 0 spiro atoms. The molecule has 1 atom stereocenters. The number of nitrogens with zero attached hydrogens (tertiary/aromatic N) is 2. The SMILES string of the molecule is Cc1cc(Cl)ccc1NC(=O)c1cc(NCC2CCCO2)ncn1. The zero-order valence-electron chi connectivity index (χ0n) is 13.4. The van der Waals surface area contributed by atoms with Gasteiger partial charge in [-0.2, -0.15) is 0 Å². The van der Waals surface area contributed by atoms with Crippen molar-refractivity contribution in [1.82, 2.24) is 9.97 Å². The number of hydrogen-bond donors (Lipinski definition) is 2. The van der Waals surface area contributed by atoms with Gasteiger partial charge in [-0.15, -0.1) is 0 Å². The summed E-state index contributed by atoms with van der Waals surface area (Å²) in [5.74, 6) is 0.321. The Morgan fingerprint density at radius 3 is 3.00 bits per heavy atom. The van der Waals surface area contributed by atoms with Crippen molar-refractivity contribution in [3.8, 4) is 0 Å². The molecule has 1 aromatic carbocycles. The Kier molecular flexibility index (Phi) is 5.27. The lowest BCUT2D eigenvalue weighted by atomic mass is 10.2. The topological polar surface area (TPSA) is 76.1 Å². The standard InChI is InChI=1S/C17H19ClN4O2/c1-11-7-12(18)4-5-14(11)22-17(23)15-8-16(21-10-20-15)19-9-13-3-2-6-24-13/h4-5,7-8,10,13H,2-3,6,9H2,1H3,(H,22,23)(H,19,20,21). The summed E-state index contributed by atoms with van der Waals surface area (Å²) in [5, 5.41) is 6.66. The summed E-state index contributed by atoms with van der Waals surface area (Å²) in [4.78, 5) is 20.6. The Morgan fingerprint density at radius 2 is 2.25 bits per heavy atom. The van der Waals surface area contributed by atoms with Crippen LogP contribution in [-0.2, 0) is 4.74 Å². The van der Waals surface area contributed by atoms with E-state index in [1.165, 1.54) is 6.33 Å². The van der Waals surface area contributed by atoms with Gasteiger partial charge in [0, 0.05) is 29.9 Å². The van der Waals surface area contributed by atoms with Gasteiger partial charge in [-0.3, -0.25) is 4.79 Å². The van der Waals surface area contributed by atoms with Gasteiger partial charge >= 0.3 is 0 Å². The third-order valence-corrected chi connectivity index (χ3v) is 4.11. The van der Waals surface area contributed by atoms with E-state index in [-0.39, 0.29) is 12.0 Å². The van der Waals surface area contributed by atoms with Crippen LogP contribution in [0.4, 0.5) is 11.5 Å². The summed E-state index contributed by atoms with van der Waals surface area (Å²) < 4.78 is 5.56. The average molecular weight is 347 g/mol. The first-order valence-electron chi connectivity index (χ1n) is 7.87. The lowest BCUT2D eigenvalue weighted by molar-refractivity contribution is 0.102. The van der Waals surface area contributed by atoms with Crippen molar-refractivity contribution in [2.75, 3.05) is 23.8 Å². The fraction of sp³-hybridized carbons (Fsp3) is 0.353. The molecule has 0 radical (unpaired) electrons. The van der Waals surface area contributed by atoms with Crippen LogP contribution >= 0.6 is 11.6 Å². The van der Waals surface area contributed by atoms with Gasteiger partial charge < -0.3 is 15.4 Å². The van der Waals surface area contributed by atoms with Crippen LogP contribution in [0.15, 0.2) is 30.6 Å². The molecule has 3 rings (SSSR count). The number of nitrogens with one attached hydrogen (secondary N) is 2. The molecule has 24 heavy (non-hydrogen) atoms. The fourth-order valence-electron chi connectivity index (χ4n) is 2.56. The Morgan fingerprint density at radius 1 is 1.38 bits per heavy atom. The molecule has 0 bridgehead atoms. The molecule has 1 saturated heterocycles. The molecular formula is C17H19ClN4O2. The third kappa shape index (κ3) is 4.21. The molecule has 1 fully saturated rings. The minimum absolute atomic E-state index is 0.203. The summed E-state index contributed by atoms with van der Waals surface area (Å²) in [6.07, 6.45) is 3.71. The second-order valence-corrected chi connectivity index (χ2v) is 6.15. The summed E-state index contributed by atoms with van der Waals surface area (Å²) in [7, 11) is 0. The predicted molar refractivity (Wildman–Crippen MR) is 93.6 cm³/mol. The number of benzene rings is 1. The number of amides is 1. The molecule has 2 N–H and O–H groups in total. The number of aryl methyl sites for hydroxylation is 1. The lowest BCUT2D eigenvalue weighted by Gasteiger charge is -2.12. The van der Waals surface area contributed by atoms with Crippen LogP contribution in [-0.4, -0.2) is 35.1 Å². The Hall–Kier alpha value is -2.18. The van der Waals surface area contributed by atoms with Crippen LogP contribution in [0.2, 0.25) is 5.02 Å². The third-order valence-electron chi connectivity index (χ3n) is 3.87. The van der Waals surface area contributed by atoms with Crippen molar-refractivity contribution in [3.63, 3.8) is 0 Å². The van der Waals surface area contributed by atoms with Crippen LogP contribution in [0, 0.1) is 6.92 Å². The van der Waals surface area contributed by atoms with E-state index in [4.69, 9.17) is 16.3 Å². The normalized spacial score (nSPS) is 16.8. The molecule has 1 amide bonds. The molecule has 1 unspecified atom stereocenters. The molecule has 0 aliphatic carbocycles. The van der Waals surface area contributed by atoms with E-state index < -0.39 is 0 Å². The van der Waals surface area contributed by atoms with Crippen molar-refractivity contribution in [3.05, 3.63) is 46.9 Å². The van der Waals surface area contributed by atoms with E-state index in [0.717, 1.165) is 25.0 Å². The van der Waals surface area contributed by atoms with Crippen LogP contribution in [0.3, 0.4) is 0 Å².